The molecule has 0 aliphatic carbocycles. The van der Waals surface area contributed by atoms with Crippen LogP contribution in [0.2, 0.25) is 18.1 Å². The lowest BCUT2D eigenvalue weighted by molar-refractivity contribution is -0.158. The van der Waals surface area contributed by atoms with Crippen molar-refractivity contribution < 1.29 is 28.3 Å². The third-order valence-corrected chi connectivity index (χ3v) is 19.2. The second-order valence-electron chi connectivity index (χ2n) is 14.1. The number of carbonyl (C=O) groups is 3. The molecule has 2 fully saturated rings. The first-order valence-electron chi connectivity index (χ1n) is 16.9. The van der Waals surface area contributed by atoms with Crippen LogP contribution in [0.3, 0.4) is 0 Å². The summed E-state index contributed by atoms with van der Waals surface area (Å²) < 4.78 is 18.3. The van der Waals surface area contributed by atoms with Gasteiger partial charge in [-0.15, -0.1) is 0 Å². The molecule has 0 saturated carbocycles. The molecule has 2 aliphatic heterocycles. The van der Waals surface area contributed by atoms with Crippen LogP contribution in [-0.4, -0.2) is 86.2 Å². The highest BCUT2D eigenvalue weighted by molar-refractivity contribution is 7.77. The van der Waals surface area contributed by atoms with Gasteiger partial charge in [-0.2, -0.15) is 0 Å². The standard InChI is InChI=1S/C34H62NO6PSi/c1-11-15-22-42(23-16-12-2,24-17-13-3)32(33(38)40-20-14-4)35-27(25-28(36)29-19-18-21-39-29)30(31(35)37)26(5)41-43(9,10)34(6,7)8/h14,26-27,29-30H,4,11-13,15-25H2,1-3,5-10H3/t26-,27-,29+,30-/m1/s1. The minimum absolute atomic E-state index is 0.0166. The fourth-order valence-corrected chi connectivity index (χ4v) is 12.9. The average Bonchev–Trinajstić information content (AvgIpc) is 3.49. The number of ketones is 1. The largest absolute Gasteiger partial charge is 0.457 e. The van der Waals surface area contributed by atoms with Crippen molar-refractivity contribution in [2.75, 3.05) is 31.7 Å². The summed E-state index contributed by atoms with van der Waals surface area (Å²) in [6.45, 7) is 21.8. The van der Waals surface area contributed by atoms with E-state index in [1.165, 1.54) is 0 Å². The number of carbonyl (C=O) groups excluding carboxylic acids is 3. The van der Waals surface area contributed by atoms with Gasteiger partial charge in [0, 0.05) is 13.0 Å². The SMILES string of the molecule is C=CCOC(=O)C(N1C(=O)[C@H]([C@@H](C)O[Si](C)(C)C(C)(C)C)[C@H]1CC(=O)[C@@H]1CCCO1)=P(CCCC)(CCCC)CCCC. The quantitative estimate of drug-likeness (QED) is 0.0475. The molecule has 43 heavy (non-hydrogen) atoms. The molecule has 7 nitrogen and oxygen atoms in total. The highest BCUT2D eigenvalue weighted by atomic mass is 31.2. The number of unbranched alkanes of at least 4 members (excludes halogenated alkanes) is 3. The van der Waals surface area contributed by atoms with Gasteiger partial charge in [-0.25, -0.2) is 4.79 Å². The van der Waals surface area contributed by atoms with Crippen molar-refractivity contribution >= 4 is 38.3 Å². The first kappa shape index (κ1) is 38.0. The van der Waals surface area contributed by atoms with Crippen LogP contribution in [0.5, 0.6) is 0 Å². The summed E-state index contributed by atoms with van der Waals surface area (Å²) in [6.07, 6.45) is 11.3. The molecular formula is C34H62NO6PSi. The first-order chi connectivity index (χ1) is 20.2. The Kier molecular flexibility index (Phi) is 14.9. The Hall–Kier alpha value is -1.21. The van der Waals surface area contributed by atoms with E-state index >= 15 is 0 Å². The summed E-state index contributed by atoms with van der Waals surface area (Å²) in [6, 6.07) is -0.445. The topological polar surface area (TPSA) is 82.1 Å². The number of esters is 1. The van der Waals surface area contributed by atoms with E-state index in [0.29, 0.717) is 18.4 Å². The average molecular weight is 640 g/mol. The van der Waals surface area contributed by atoms with E-state index in [0.717, 1.165) is 63.4 Å². The van der Waals surface area contributed by atoms with E-state index < -0.39 is 39.2 Å². The summed E-state index contributed by atoms with van der Waals surface area (Å²) in [5.74, 6) is -0.985. The minimum Gasteiger partial charge on any atom is -0.457 e. The van der Waals surface area contributed by atoms with Crippen molar-refractivity contribution in [2.24, 2.45) is 5.92 Å². The number of amides is 1. The Balaban J connectivity index is 2.73. The molecule has 1 amide bonds. The van der Waals surface area contributed by atoms with Crippen molar-refractivity contribution in [3.8, 4) is 0 Å². The summed E-state index contributed by atoms with van der Waals surface area (Å²) >= 11 is 0. The van der Waals surface area contributed by atoms with Crippen molar-refractivity contribution in [1.82, 2.24) is 4.90 Å². The van der Waals surface area contributed by atoms with Crippen LogP contribution in [-0.2, 0) is 28.3 Å². The van der Waals surface area contributed by atoms with Crippen LogP contribution in [0.25, 0.3) is 0 Å². The van der Waals surface area contributed by atoms with Crippen molar-refractivity contribution in [3.05, 3.63) is 12.7 Å². The summed E-state index contributed by atoms with van der Waals surface area (Å²) in [5.41, 5.74) is 0.565. The Morgan fingerprint density at radius 1 is 1.09 bits per heavy atom. The second kappa shape index (κ2) is 16.9. The van der Waals surface area contributed by atoms with Gasteiger partial charge >= 0.3 is 5.97 Å². The van der Waals surface area contributed by atoms with Gasteiger partial charge in [0.1, 0.15) is 18.1 Å². The van der Waals surface area contributed by atoms with E-state index in [4.69, 9.17) is 13.9 Å². The van der Waals surface area contributed by atoms with Gasteiger partial charge in [-0.3, -0.25) is 9.59 Å². The van der Waals surface area contributed by atoms with Crippen LogP contribution >= 0.6 is 6.89 Å². The van der Waals surface area contributed by atoms with Crippen LogP contribution < -0.4 is 0 Å². The molecule has 0 bridgehead atoms. The molecule has 4 atom stereocenters. The summed E-state index contributed by atoms with van der Waals surface area (Å²) in [4.78, 5) is 43.9. The van der Waals surface area contributed by atoms with Gasteiger partial charge in [0.15, 0.2) is 14.1 Å². The van der Waals surface area contributed by atoms with Gasteiger partial charge < -0.3 is 18.8 Å². The minimum atomic E-state index is -2.20. The second-order valence-corrected chi connectivity index (χ2v) is 23.0. The number of likely N-dealkylation sites (tertiary alicyclic amines) is 1. The Labute approximate surface area is 264 Å². The molecule has 0 radical (unpaired) electrons. The summed E-state index contributed by atoms with van der Waals surface area (Å²) in [5, 5.41) is -0.0241. The van der Waals surface area contributed by atoms with E-state index in [9.17, 15) is 14.4 Å². The molecule has 0 aromatic heterocycles. The van der Waals surface area contributed by atoms with E-state index in [-0.39, 0.29) is 35.9 Å². The van der Waals surface area contributed by atoms with E-state index in [1.54, 1.807) is 11.0 Å². The fourth-order valence-electron chi connectivity index (χ4n) is 6.20. The zero-order valence-electron chi connectivity index (χ0n) is 28.8. The van der Waals surface area contributed by atoms with Crippen LogP contribution in [0.1, 0.15) is 106 Å². The first-order valence-corrected chi connectivity index (χ1v) is 22.1. The molecule has 2 saturated heterocycles. The fraction of sp³-hybridized carbons (Fsp3) is 0.824. The number of ether oxygens (including phenoxy) is 2. The number of β-lactam (4-membered cyclic amide) rings is 1. The van der Waals surface area contributed by atoms with Gasteiger partial charge in [-0.1, -0.05) is 80.3 Å². The lowest BCUT2D eigenvalue weighted by Gasteiger charge is -2.53. The Morgan fingerprint density at radius 2 is 1.65 bits per heavy atom. The molecule has 0 aromatic carbocycles. The lowest BCUT2D eigenvalue weighted by atomic mass is 9.79. The number of Topliss-reactive ketones (excluding diaryl/α,β-unsaturated/α-hetero) is 1. The van der Waals surface area contributed by atoms with Gasteiger partial charge in [0.25, 0.3) is 0 Å². The molecule has 0 unspecified atom stereocenters. The van der Waals surface area contributed by atoms with E-state index in [2.05, 4.69) is 61.2 Å². The summed E-state index contributed by atoms with van der Waals surface area (Å²) in [7, 11) is -2.20. The highest BCUT2D eigenvalue weighted by Gasteiger charge is 2.56. The monoisotopic (exact) mass is 639 g/mol. The molecule has 0 spiro atoms. The van der Waals surface area contributed by atoms with Gasteiger partial charge in [0.2, 0.25) is 5.91 Å². The Morgan fingerprint density at radius 3 is 2.09 bits per heavy atom. The lowest BCUT2D eigenvalue weighted by Crippen LogP contribution is -2.69. The molecular weight excluding hydrogens is 577 g/mol. The van der Waals surface area contributed by atoms with Crippen molar-refractivity contribution in [1.29, 1.82) is 0 Å². The molecule has 2 heterocycles. The predicted molar refractivity (Wildman–Crippen MR) is 183 cm³/mol. The number of hydrogen-bond acceptors (Lipinski definition) is 6. The number of hydrogen-bond donors (Lipinski definition) is 0. The van der Waals surface area contributed by atoms with Crippen LogP contribution in [0, 0.1) is 5.92 Å². The third kappa shape index (κ3) is 9.40. The maximum Gasteiger partial charge on any atom is 0.355 e. The van der Waals surface area contributed by atoms with Crippen molar-refractivity contribution in [2.45, 2.75) is 143 Å². The molecule has 248 valence electrons. The van der Waals surface area contributed by atoms with Crippen LogP contribution in [0.4, 0.5) is 0 Å². The molecule has 0 N–H and O–H groups in total. The zero-order valence-corrected chi connectivity index (χ0v) is 30.7. The van der Waals surface area contributed by atoms with E-state index in [1.807, 2.05) is 6.92 Å². The third-order valence-electron chi connectivity index (χ3n) is 9.77. The normalized spacial score (nSPS) is 21.8. The van der Waals surface area contributed by atoms with Gasteiger partial charge in [-0.05, 0) is 75.6 Å². The van der Waals surface area contributed by atoms with Crippen LogP contribution in [0.15, 0.2) is 12.7 Å². The maximum atomic E-state index is 14.4. The highest BCUT2D eigenvalue weighted by Crippen LogP contribution is 2.55. The molecule has 2 rings (SSSR count). The maximum absolute atomic E-state index is 14.4. The number of rotatable bonds is 19. The number of nitrogens with zero attached hydrogens (tertiary/aromatic N) is 1. The van der Waals surface area contributed by atoms with Gasteiger partial charge in [0.05, 0.1) is 18.1 Å². The zero-order chi connectivity index (χ0) is 32.4. The predicted octanol–water partition coefficient (Wildman–Crippen LogP) is 7.64. The Bertz CT molecular complexity index is 984. The smallest absolute Gasteiger partial charge is 0.355 e. The molecule has 0 aromatic rings. The van der Waals surface area contributed by atoms with Crippen molar-refractivity contribution in [3.63, 3.8) is 0 Å². The molecule has 2 aliphatic rings. The molecule has 9 heteroatoms.